The maximum atomic E-state index is 11.7. The molecule has 0 spiro atoms. The van der Waals surface area contributed by atoms with Gasteiger partial charge >= 0.3 is 0 Å². The van der Waals surface area contributed by atoms with Gasteiger partial charge in [-0.2, -0.15) is 5.26 Å². The molecule has 2 heterocycles. The maximum Gasteiger partial charge on any atom is 0.230 e. The van der Waals surface area contributed by atoms with E-state index in [1.54, 1.807) is 16.7 Å². The van der Waals surface area contributed by atoms with Crippen molar-refractivity contribution in [1.29, 1.82) is 5.26 Å². The number of nitrogens with zero attached hydrogens (tertiary/aromatic N) is 4. The van der Waals surface area contributed by atoms with Crippen LogP contribution in [0.5, 0.6) is 0 Å². The third-order valence-corrected chi connectivity index (χ3v) is 3.90. The van der Waals surface area contributed by atoms with Gasteiger partial charge in [0.05, 0.1) is 24.5 Å². The molecule has 3 N–H and O–H groups in total. The zero-order chi connectivity index (χ0) is 17.4. The first kappa shape index (κ1) is 17.6. The van der Waals surface area contributed by atoms with Crippen LogP contribution in [0.2, 0.25) is 0 Å². The van der Waals surface area contributed by atoms with E-state index in [-0.39, 0.29) is 31.0 Å². The number of carbonyl (C=O) groups is 2. The van der Waals surface area contributed by atoms with E-state index in [0.29, 0.717) is 23.3 Å². The number of nitrogens with two attached hydrogens (primary N) is 1. The minimum Gasteiger partial charge on any atom is -0.461 e. The lowest BCUT2D eigenvalue weighted by Gasteiger charge is -2.08. The second kappa shape index (κ2) is 8.73. The van der Waals surface area contributed by atoms with Crippen LogP contribution in [-0.2, 0) is 16.1 Å². The van der Waals surface area contributed by atoms with Crippen LogP contribution in [0.25, 0.3) is 11.6 Å². The number of rotatable bonds is 9. The lowest BCUT2D eigenvalue weighted by Crippen LogP contribution is -2.26. The van der Waals surface area contributed by atoms with E-state index in [4.69, 9.17) is 15.4 Å². The van der Waals surface area contributed by atoms with Crippen molar-refractivity contribution in [3.63, 3.8) is 0 Å². The van der Waals surface area contributed by atoms with Crippen molar-refractivity contribution in [2.24, 2.45) is 5.73 Å². The van der Waals surface area contributed by atoms with Crippen molar-refractivity contribution in [1.82, 2.24) is 20.1 Å². The van der Waals surface area contributed by atoms with Crippen LogP contribution < -0.4 is 11.1 Å². The molecule has 0 aliphatic heterocycles. The number of amides is 2. The summed E-state index contributed by atoms with van der Waals surface area (Å²) >= 11 is 1.18. The monoisotopic (exact) mass is 348 g/mol. The van der Waals surface area contributed by atoms with Crippen molar-refractivity contribution in [2.75, 3.05) is 12.3 Å². The van der Waals surface area contributed by atoms with Gasteiger partial charge in [0.15, 0.2) is 16.7 Å². The number of primary amides is 1. The lowest BCUT2D eigenvalue weighted by atomic mass is 10.3. The number of hydrogen-bond acceptors (Lipinski definition) is 7. The number of furan rings is 1. The molecule has 9 nitrogen and oxygen atoms in total. The summed E-state index contributed by atoms with van der Waals surface area (Å²) < 4.78 is 7.00. The Labute approximate surface area is 142 Å². The van der Waals surface area contributed by atoms with Crippen molar-refractivity contribution < 1.29 is 14.0 Å². The summed E-state index contributed by atoms with van der Waals surface area (Å²) in [5, 5.41) is 19.7. The molecule has 24 heavy (non-hydrogen) atoms. The number of carbonyl (C=O) groups excluding carboxylic acids is 2. The molecular formula is C14H16N6O3S. The summed E-state index contributed by atoms with van der Waals surface area (Å²) in [5.74, 6) is 0.447. The first-order chi connectivity index (χ1) is 11.6. The fourth-order valence-electron chi connectivity index (χ4n) is 1.85. The molecule has 10 heteroatoms. The highest BCUT2D eigenvalue weighted by Gasteiger charge is 2.17. The van der Waals surface area contributed by atoms with Gasteiger partial charge in [0.1, 0.15) is 0 Å². The third-order valence-electron chi connectivity index (χ3n) is 2.93. The van der Waals surface area contributed by atoms with Gasteiger partial charge in [-0.15, -0.1) is 10.2 Å². The molecule has 0 aromatic carbocycles. The van der Waals surface area contributed by atoms with Crippen LogP contribution in [0, 0.1) is 11.3 Å². The second-order valence-corrected chi connectivity index (χ2v) is 5.64. The van der Waals surface area contributed by atoms with Gasteiger partial charge in [-0.1, -0.05) is 11.8 Å². The number of hydrogen-bond donors (Lipinski definition) is 2. The fourth-order valence-corrected chi connectivity index (χ4v) is 2.64. The Morgan fingerprint density at radius 3 is 2.96 bits per heavy atom. The Morgan fingerprint density at radius 1 is 1.46 bits per heavy atom. The van der Waals surface area contributed by atoms with Crippen LogP contribution in [-0.4, -0.2) is 38.9 Å². The summed E-state index contributed by atoms with van der Waals surface area (Å²) in [5.41, 5.74) is 5.20. The molecule has 126 valence electrons. The van der Waals surface area contributed by atoms with Gasteiger partial charge in [0.2, 0.25) is 11.8 Å². The van der Waals surface area contributed by atoms with Crippen LogP contribution in [0.15, 0.2) is 28.0 Å². The molecule has 0 atom stereocenters. The summed E-state index contributed by atoms with van der Waals surface area (Å²) in [6.45, 7) is 0.596. The van der Waals surface area contributed by atoms with Crippen LogP contribution in [0.3, 0.4) is 0 Å². The molecule has 0 bridgehead atoms. The molecule has 0 radical (unpaired) electrons. The lowest BCUT2D eigenvalue weighted by molar-refractivity contribution is -0.119. The topological polar surface area (TPSA) is 140 Å². The van der Waals surface area contributed by atoms with Crippen molar-refractivity contribution >= 4 is 23.6 Å². The van der Waals surface area contributed by atoms with Gasteiger partial charge in [-0.3, -0.25) is 14.2 Å². The third kappa shape index (κ3) is 4.85. The van der Waals surface area contributed by atoms with E-state index >= 15 is 0 Å². The molecule has 2 aromatic heterocycles. The van der Waals surface area contributed by atoms with Crippen LogP contribution in [0.1, 0.15) is 12.8 Å². The number of thioether (sulfide) groups is 1. The molecule has 0 aliphatic carbocycles. The van der Waals surface area contributed by atoms with Crippen LogP contribution in [0.4, 0.5) is 0 Å². The minimum atomic E-state index is -0.445. The molecule has 2 rings (SSSR count). The molecular weight excluding hydrogens is 332 g/mol. The summed E-state index contributed by atoms with van der Waals surface area (Å²) in [7, 11) is 0. The van der Waals surface area contributed by atoms with Crippen molar-refractivity contribution in [3.8, 4) is 17.7 Å². The van der Waals surface area contributed by atoms with E-state index < -0.39 is 5.91 Å². The van der Waals surface area contributed by atoms with Crippen molar-refractivity contribution in [3.05, 3.63) is 18.4 Å². The Hall–Kier alpha value is -2.80. The van der Waals surface area contributed by atoms with Gasteiger partial charge in [0, 0.05) is 19.5 Å². The van der Waals surface area contributed by atoms with E-state index in [0.717, 1.165) is 0 Å². The highest BCUT2D eigenvalue weighted by atomic mass is 32.2. The molecule has 2 amide bonds. The molecule has 0 saturated heterocycles. The molecule has 2 aromatic rings. The Bertz CT molecular complexity index is 734. The summed E-state index contributed by atoms with van der Waals surface area (Å²) in [6.07, 6.45) is 1.89. The fraction of sp³-hybridized carbons (Fsp3) is 0.357. The molecule has 0 saturated carbocycles. The number of aromatic nitrogens is 3. The SMILES string of the molecule is N#CCCNC(=O)CSc1nnc(-c2ccco2)n1CCC(N)=O. The largest absolute Gasteiger partial charge is 0.461 e. The Balaban J connectivity index is 2.07. The van der Waals surface area contributed by atoms with E-state index in [1.165, 1.54) is 18.0 Å². The van der Waals surface area contributed by atoms with E-state index in [1.807, 2.05) is 6.07 Å². The minimum absolute atomic E-state index is 0.119. The smallest absolute Gasteiger partial charge is 0.230 e. The molecule has 0 aliphatic rings. The average molecular weight is 348 g/mol. The first-order valence-electron chi connectivity index (χ1n) is 7.13. The van der Waals surface area contributed by atoms with E-state index in [2.05, 4.69) is 15.5 Å². The average Bonchev–Trinajstić information content (AvgIpc) is 3.20. The van der Waals surface area contributed by atoms with Gasteiger partial charge in [-0.05, 0) is 12.1 Å². The van der Waals surface area contributed by atoms with Gasteiger partial charge in [0.25, 0.3) is 0 Å². The number of nitrogens with one attached hydrogen (secondary N) is 1. The highest BCUT2D eigenvalue weighted by molar-refractivity contribution is 7.99. The normalized spacial score (nSPS) is 10.3. The quantitative estimate of drug-likeness (QED) is 0.497. The van der Waals surface area contributed by atoms with E-state index in [9.17, 15) is 9.59 Å². The zero-order valence-corrected chi connectivity index (χ0v) is 13.6. The first-order valence-corrected chi connectivity index (χ1v) is 8.12. The Morgan fingerprint density at radius 2 is 2.29 bits per heavy atom. The van der Waals surface area contributed by atoms with Crippen LogP contribution >= 0.6 is 11.8 Å². The summed E-state index contributed by atoms with van der Waals surface area (Å²) in [4.78, 5) is 22.8. The van der Waals surface area contributed by atoms with Gasteiger partial charge < -0.3 is 15.5 Å². The van der Waals surface area contributed by atoms with Crippen molar-refractivity contribution in [2.45, 2.75) is 24.5 Å². The zero-order valence-electron chi connectivity index (χ0n) is 12.8. The predicted octanol–water partition coefficient (Wildman–Crippen LogP) is 0.535. The second-order valence-electron chi connectivity index (χ2n) is 4.70. The summed E-state index contributed by atoms with van der Waals surface area (Å²) in [6, 6.07) is 5.40. The Kier molecular flexibility index (Phi) is 6.39. The standard InChI is InChI=1S/C14H16N6O3S/c15-5-2-6-17-12(22)9-24-14-19-18-13(10-3-1-8-23-10)20(14)7-4-11(16)21/h1,3,8H,2,4,6-7,9H2,(H2,16,21)(H,17,22). The molecule has 0 unspecified atom stereocenters. The maximum absolute atomic E-state index is 11.7. The predicted molar refractivity (Wildman–Crippen MR) is 85.5 cm³/mol. The van der Waals surface area contributed by atoms with Gasteiger partial charge in [-0.25, -0.2) is 0 Å². The number of nitriles is 1. The molecule has 0 fully saturated rings. The highest BCUT2D eigenvalue weighted by Crippen LogP contribution is 2.24.